The molecular formula is C13H21Br2NS. The van der Waals surface area contributed by atoms with Gasteiger partial charge in [0, 0.05) is 18.4 Å². The maximum Gasteiger partial charge on any atom is 0.0701 e. The van der Waals surface area contributed by atoms with Crippen molar-refractivity contribution in [3.05, 3.63) is 20.8 Å². The number of hydrogen-bond donors (Lipinski definition) is 0. The van der Waals surface area contributed by atoms with Gasteiger partial charge in [0.2, 0.25) is 0 Å². The van der Waals surface area contributed by atoms with E-state index in [9.17, 15) is 0 Å². The average Bonchev–Trinajstić information content (AvgIpc) is 2.58. The number of nitrogens with zero attached hydrogens (tertiary/aromatic N) is 1. The standard InChI is InChI=1S/C13H21Br2NS/c1-13(2,3)11(6-14)8-16(4)7-10-5-12(15)17-9-10/h5,9,11H,6-8H2,1-4H3. The first-order valence-electron chi connectivity index (χ1n) is 5.80. The molecule has 0 fully saturated rings. The molecule has 1 unspecified atom stereocenters. The molecule has 0 bridgehead atoms. The summed E-state index contributed by atoms with van der Waals surface area (Å²) in [6, 6.07) is 2.21. The van der Waals surface area contributed by atoms with E-state index in [1.54, 1.807) is 11.3 Å². The highest BCUT2D eigenvalue weighted by Gasteiger charge is 2.24. The van der Waals surface area contributed by atoms with E-state index in [2.05, 4.69) is 76.0 Å². The average molecular weight is 383 g/mol. The molecule has 0 aromatic carbocycles. The minimum absolute atomic E-state index is 0.354. The van der Waals surface area contributed by atoms with Gasteiger partial charge in [-0.25, -0.2) is 0 Å². The van der Waals surface area contributed by atoms with E-state index in [0.717, 1.165) is 18.4 Å². The normalized spacial score (nSPS) is 14.3. The van der Waals surface area contributed by atoms with E-state index in [4.69, 9.17) is 0 Å². The molecule has 1 rings (SSSR count). The van der Waals surface area contributed by atoms with Crippen molar-refractivity contribution < 1.29 is 0 Å². The van der Waals surface area contributed by atoms with Crippen molar-refractivity contribution >= 4 is 43.2 Å². The van der Waals surface area contributed by atoms with Gasteiger partial charge in [-0.1, -0.05) is 36.7 Å². The van der Waals surface area contributed by atoms with Crippen LogP contribution in [0.25, 0.3) is 0 Å². The van der Waals surface area contributed by atoms with Crippen LogP contribution >= 0.6 is 43.2 Å². The summed E-state index contributed by atoms with van der Waals surface area (Å²) in [7, 11) is 2.20. The zero-order chi connectivity index (χ0) is 13.1. The van der Waals surface area contributed by atoms with Crippen molar-refractivity contribution in [3.63, 3.8) is 0 Å². The Hall–Kier alpha value is 0.620. The molecule has 17 heavy (non-hydrogen) atoms. The van der Waals surface area contributed by atoms with Crippen molar-refractivity contribution in [1.29, 1.82) is 0 Å². The van der Waals surface area contributed by atoms with Gasteiger partial charge < -0.3 is 4.90 Å². The number of alkyl halides is 1. The van der Waals surface area contributed by atoms with Crippen LogP contribution in [-0.2, 0) is 6.54 Å². The second-order valence-corrected chi connectivity index (χ2v) is 8.61. The maximum absolute atomic E-state index is 3.64. The van der Waals surface area contributed by atoms with Crippen LogP contribution in [-0.4, -0.2) is 23.8 Å². The Morgan fingerprint density at radius 3 is 2.47 bits per heavy atom. The van der Waals surface area contributed by atoms with Gasteiger partial charge in [0.05, 0.1) is 3.79 Å². The van der Waals surface area contributed by atoms with Crippen molar-refractivity contribution in [2.75, 3.05) is 18.9 Å². The van der Waals surface area contributed by atoms with Gasteiger partial charge >= 0.3 is 0 Å². The zero-order valence-electron chi connectivity index (χ0n) is 11.0. The summed E-state index contributed by atoms with van der Waals surface area (Å²) in [5.74, 6) is 0.676. The Morgan fingerprint density at radius 2 is 2.06 bits per heavy atom. The Labute approximate surface area is 126 Å². The van der Waals surface area contributed by atoms with Crippen LogP contribution in [0.4, 0.5) is 0 Å². The van der Waals surface area contributed by atoms with Crippen LogP contribution in [0, 0.1) is 11.3 Å². The Balaban J connectivity index is 2.51. The molecule has 0 amide bonds. The first-order valence-corrected chi connectivity index (χ1v) is 8.59. The molecule has 0 aliphatic heterocycles. The topological polar surface area (TPSA) is 3.24 Å². The number of thiophene rings is 1. The smallest absolute Gasteiger partial charge is 0.0701 e. The van der Waals surface area contributed by atoms with Gasteiger partial charge in [0.15, 0.2) is 0 Å². The summed E-state index contributed by atoms with van der Waals surface area (Å²) < 4.78 is 1.22. The van der Waals surface area contributed by atoms with Gasteiger partial charge in [0.1, 0.15) is 0 Å². The lowest BCUT2D eigenvalue weighted by Crippen LogP contribution is -2.34. The molecule has 0 saturated carbocycles. The van der Waals surface area contributed by atoms with Crippen molar-refractivity contribution in [2.45, 2.75) is 27.3 Å². The fraction of sp³-hybridized carbons (Fsp3) is 0.692. The summed E-state index contributed by atoms with van der Waals surface area (Å²) >= 11 is 8.91. The largest absolute Gasteiger partial charge is 0.302 e. The molecule has 0 aliphatic carbocycles. The summed E-state index contributed by atoms with van der Waals surface area (Å²) in [6.07, 6.45) is 0. The summed E-state index contributed by atoms with van der Waals surface area (Å²) in [4.78, 5) is 2.41. The summed E-state index contributed by atoms with van der Waals surface area (Å²) in [6.45, 7) is 9.10. The number of halogens is 2. The lowest BCUT2D eigenvalue weighted by molar-refractivity contribution is 0.184. The SMILES string of the molecule is CN(Cc1csc(Br)c1)CC(CBr)C(C)(C)C. The zero-order valence-corrected chi connectivity index (χ0v) is 15.0. The van der Waals surface area contributed by atoms with Crippen LogP contribution in [0.2, 0.25) is 0 Å². The molecule has 0 saturated heterocycles. The molecule has 1 nitrogen and oxygen atoms in total. The van der Waals surface area contributed by atoms with E-state index in [-0.39, 0.29) is 0 Å². The highest BCUT2D eigenvalue weighted by Crippen LogP contribution is 2.29. The first kappa shape index (κ1) is 15.7. The molecular weight excluding hydrogens is 362 g/mol. The van der Waals surface area contributed by atoms with Crippen molar-refractivity contribution in [2.24, 2.45) is 11.3 Å². The molecule has 1 heterocycles. The van der Waals surface area contributed by atoms with Gasteiger partial charge in [-0.15, -0.1) is 11.3 Å². The lowest BCUT2D eigenvalue weighted by atomic mass is 9.82. The van der Waals surface area contributed by atoms with Gasteiger partial charge in [-0.2, -0.15) is 0 Å². The minimum atomic E-state index is 0.354. The van der Waals surface area contributed by atoms with Crippen molar-refractivity contribution in [1.82, 2.24) is 4.90 Å². The van der Waals surface area contributed by atoms with E-state index < -0.39 is 0 Å². The monoisotopic (exact) mass is 381 g/mol. The summed E-state index contributed by atoms with van der Waals surface area (Å²) in [5.41, 5.74) is 1.75. The molecule has 1 aromatic rings. The van der Waals surface area contributed by atoms with Crippen LogP contribution < -0.4 is 0 Å². The number of rotatable bonds is 5. The Morgan fingerprint density at radius 1 is 1.41 bits per heavy atom. The lowest BCUT2D eigenvalue weighted by Gasteiger charge is -2.32. The quantitative estimate of drug-likeness (QED) is 0.647. The molecule has 98 valence electrons. The highest BCUT2D eigenvalue weighted by molar-refractivity contribution is 9.11. The maximum atomic E-state index is 3.64. The van der Waals surface area contributed by atoms with Crippen molar-refractivity contribution in [3.8, 4) is 0 Å². The van der Waals surface area contributed by atoms with Crippen LogP contribution in [0.15, 0.2) is 15.2 Å². The van der Waals surface area contributed by atoms with Gasteiger partial charge in [-0.3, -0.25) is 0 Å². The third-order valence-corrected chi connectivity index (χ3v) is 5.35. The van der Waals surface area contributed by atoms with Crippen LogP contribution in [0.5, 0.6) is 0 Å². The predicted octanol–water partition coefficient (Wildman–Crippen LogP) is 5.00. The van der Waals surface area contributed by atoms with E-state index >= 15 is 0 Å². The van der Waals surface area contributed by atoms with E-state index in [1.807, 2.05) is 0 Å². The Bertz CT molecular complexity index is 343. The third kappa shape index (κ3) is 5.41. The fourth-order valence-electron chi connectivity index (χ4n) is 1.74. The fourth-order valence-corrected chi connectivity index (χ4v) is 4.11. The van der Waals surface area contributed by atoms with E-state index in [0.29, 0.717) is 11.3 Å². The third-order valence-electron chi connectivity index (χ3n) is 3.02. The second kappa shape index (κ2) is 6.69. The molecule has 1 atom stereocenters. The molecule has 0 radical (unpaired) electrons. The van der Waals surface area contributed by atoms with Gasteiger partial charge in [-0.05, 0) is 51.3 Å². The Kier molecular flexibility index (Phi) is 6.17. The van der Waals surface area contributed by atoms with E-state index in [1.165, 1.54) is 9.35 Å². The minimum Gasteiger partial charge on any atom is -0.302 e. The second-order valence-electron chi connectivity index (χ2n) is 5.67. The first-order chi connectivity index (χ1) is 7.82. The van der Waals surface area contributed by atoms with Gasteiger partial charge in [0.25, 0.3) is 0 Å². The number of hydrogen-bond acceptors (Lipinski definition) is 2. The van der Waals surface area contributed by atoms with Crippen LogP contribution in [0.3, 0.4) is 0 Å². The highest BCUT2D eigenvalue weighted by atomic mass is 79.9. The summed E-state index contributed by atoms with van der Waals surface area (Å²) in [5, 5.41) is 3.29. The predicted molar refractivity (Wildman–Crippen MR) is 85.1 cm³/mol. The molecule has 0 N–H and O–H groups in total. The molecule has 4 heteroatoms. The van der Waals surface area contributed by atoms with Crippen LogP contribution in [0.1, 0.15) is 26.3 Å². The molecule has 0 aliphatic rings. The molecule has 1 aromatic heterocycles. The molecule has 0 spiro atoms.